The van der Waals surface area contributed by atoms with Crippen LogP contribution in [0.1, 0.15) is 32.1 Å². The summed E-state index contributed by atoms with van der Waals surface area (Å²) in [5, 5.41) is 7.70. The van der Waals surface area contributed by atoms with Gasteiger partial charge < -0.3 is 19.8 Å². The van der Waals surface area contributed by atoms with E-state index in [4.69, 9.17) is 9.15 Å². The van der Waals surface area contributed by atoms with Crippen LogP contribution in [0.2, 0.25) is 0 Å². The van der Waals surface area contributed by atoms with Gasteiger partial charge in [-0.3, -0.25) is 0 Å². The summed E-state index contributed by atoms with van der Waals surface area (Å²) in [4.78, 5) is 4.62. The van der Waals surface area contributed by atoms with Gasteiger partial charge in [-0.1, -0.05) is 18.2 Å². The Balaban J connectivity index is 0.00000288. The van der Waals surface area contributed by atoms with Crippen molar-refractivity contribution in [3.63, 3.8) is 0 Å². The molecule has 0 saturated heterocycles. The fraction of sp³-hybridized carbons (Fsp3) is 0.500. The molecule has 6 heteroatoms. The number of nitrogens with one attached hydrogen (secondary N) is 2. The van der Waals surface area contributed by atoms with Gasteiger partial charge in [0.25, 0.3) is 0 Å². The lowest BCUT2D eigenvalue weighted by Crippen LogP contribution is -2.45. The minimum atomic E-state index is -0.245. The van der Waals surface area contributed by atoms with Crippen molar-refractivity contribution < 1.29 is 9.15 Å². The molecule has 134 valence electrons. The van der Waals surface area contributed by atoms with E-state index < -0.39 is 0 Å². The average molecular weight is 445 g/mol. The molecule has 2 rings (SSSR count). The Kier molecular flexibility index (Phi) is 8.02. The zero-order valence-corrected chi connectivity index (χ0v) is 17.4. The molecule has 0 aliphatic rings. The topological polar surface area (TPSA) is 58.8 Å². The SMILES string of the molecule is CCNC(=NCc1oc2ccccc2c1C)NCC(C)(C)OC.I. The molecule has 24 heavy (non-hydrogen) atoms. The molecule has 0 amide bonds. The summed E-state index contributed by atoms with van der Waals surface area (Å²) >= 11 is 0. The highest BCUT2D eigenvalue weighted by atomic mass is 127. The number of halogens is 1. The molecule has 0 radical (unpaired) electrons. The van der Waals surface area contributed by atoms with Crippen LogP contribution in [0.5, 0.6) is 0 Å². The Labute approximate surface area is 161 Å². The molecule has 0 atom stereocenters. The lowest BCUT2D eigenvalue weighted by atomic mass is 10.1. The van der Waals surface area contributed by atoms with Crippen molar-refractivity contribution in [2.24, 2.45) is 4.99 Å². The third kappa shape index (κ3) is 5.37. The van der Waals surface area contributed by atoms with Crippen molar-refractivity contribution in [1.29, 1.82) is 0 Å². The molecule has 0 bridgehead atoms. The first kappa shape index (κ1) is 20.8. The van der Waals surface area contributed by atoms with E-state index in [0.29, 0.717) is 13.1 Å². The van der Waals surface area contributed by atoms with Crippen molar-refractivity contribution >= 4 is 40.9 Å². The molecule has 0 unspecified atom stereocenters. The highest BCUT2D eigenvalue weighted by Crippen LogP contribution is 2.25. The number of nitrogens with zero attached hydrogens (tertiary/aromatic N) is 1. The second-order valence-electron chi connectivity index (χ2n) is 6.16. The van der Waals surface area contributed by atoms with Crippen LogP contribution in [0, 0.1) is 6.92 Å². The van der Waals surface area contributed by atoms with Crippen molar-refractivity contribution in [2.75, 3.05) is 20.2 Å². The van der Waals surface area contributed by atoms with Gasteiger partial charge in [0.2, 0.25) is 0 Å². The van der Waals surface area contributed by atoms with Crippen LogP contribution in [0.3, 0.4) is 0 Å². The van der Waals surface area contributed by atoms with E-state index in [1.165, 1.54) is 0 Å². The number of ether oxygens (including phenoxy) is 1. The Morgan fingerprint density at radius 2 is 1.96 bits per heavy atom. The van der Waals surface area contributed by atoms with E-state index in [2.05, 4.69) is 28.6 Å². The van der Waals surface area contributed by atoms with Gasteiger partial charge in [0.05, 0.1) is 5.60 Å². The largest absolute Gasteiger partial charge is 0.459 e. The van der Waals surface area contributed by atoms with Crippen LogP contribution in [-0.2, 0) is 11.3 Å². The lowest BCUT2D eigenvalue weighted by Gasteiger charge is -2.24. The second kappa shape index (κ2) is 9.27. The molecule has 2 aromatic rings. The first-order chi connectivity index (χ1) is 11.0. The van der Waals surface area contributed by atoms with Crippen molar-refractivity contribution in [3.8, 4) is 0 Å². The van der Waals surface area contributed by atoms with Gasteiger partial charge in [-0.15, -0.1) is 24.0 Å². The molecular formula is C18H28IN3O2. The van der Waals surface area contributed by atoms with E-state index in [1.54, 1.807) is 7.11 Å². The molecular weight excluding hydrogens is 417 g/mol. The third-order valence-corrected chi connectivity index (χ3v) is 3.90. The van der Waals surface area contributed by atoms with Crippen LogP contribution in [0.15, 0.2) is 33.7 Å². The van der Waals surface area contributed by atoms with Gasteiger partial charge in [0, 0.05) is 31.1 Å². The molecule has 0 saturated carbocycles. The molecule has 1 aromatic heterocycles. The highest BCUT2D eigenvalue weighted by Gasteiger charge is 2.16. The van der Waals surface area contributed by atoms with Crippen LogP contribution in [0.25, 0.3) is 11.0 Å². The van der Waals surface area contributed by atoms with Gasteiger partial charge in [-0.25, -0.2) is 4.99 Å². The number of guanidine groups is 1. The second-order valence-corrected chi connectivity index (χ2v) is 6.16. The number of fused-ring (bicyclic) bond motifs is 1. The van der Waals surface area contributed by atoms with E-state index in [1.807, 2.05) is 39.0 Å². The Bertz CT molecular complexity index is 680. The summed E-state index contributed by atoms with van der Waals surface area (Å²) in [6.07, 6.45) is 0. The van der Waals surface area contributed by atoms with E-state index in [-0.39, 0.29) is 29.6 Å². The number of rotatable bonds is 6. The minimum Gasteiger partial charge on any atom is -0.459 e. The van der Waals surface area contributed by atoms with Crippen molar-refractivity contribution in [1.82, 2.24) is 10.6 Å². The Morgan fingerprint density at radius 3 is 2.58 bits per heavy atom. The molecule has 1 aromatic carbocycles. The summed E-state index contributed by atoms with van der Waals surface area (Å²) in [5.74, 6) is 1.66. The zero-order chi connectivity index (χ0) is 16.9. The summed E-state index contributed by atoms with van der Waals surface area (Å²) in [6, 6.07) is 8.07. The van der Waals surface area contributed by atoms with Gasteiger partial charge in [0.1, 0.15) is 17.9 Å². The number of benzene rings is 1. The molecule has 1 heterocycles. The maximum atomic E-state index is 5.91. The number of hydrogen-bond donors (Lipinski definition) is 2. The first-order valence-corrected chi connectivity index (χ1v) is 8.01. The van der Waals surface area contributed by atoms with Crippen LogP contribution >= 0.6 is 24.0 Å². The number of hydrogen-bond acceptors (Lipinski definition) is 3. The average Bonchev–Trinajstić information content (AvgIpc) is 2.87. The number of aryl methyl sites for hydroxylation is 1. The maximum absolute atomic E-state index is 5.91. The highest BCUT2D eigenvalue weighted by molar-refractivity contribution is 14.0. The molecule has 0 spiro atoms. The summed E-state index contributed by atoms with van der Waals surface area (Å²) in [7, 11) is 1.71. The number of aliphatic imine (C=N–C) groups is 1. The summed E-state index contributed by atoms with van der Waals surface area (Å²) < 4.78 is 11.3. The fourth-order valence-electron chi connectivity index (χ4n) is 2.24. The quantitative estimate of drug-likeness (QED) is 0.403. The molecule has 0 aliphatic heterocycles. The predicted molar refractivity (Wildman–Crippen MR) is 110 cm³/mol. The Morgan fingerprint density at radius 1 is 1.25 bits per heavy atom. The van der Waals surface area contributed by atoms with Gasteiger partial charge in [0.15, 0.2) is 5.96 Å². The standard InChI is InChI=1S/C18H27N3O2.HI/c1-6-19-17(21-12-18(3,4)22-5)20-11-16-13(2)14-9-7-8-10-15(14)23-16;/h7-10H,6,11-12H2,1-5H3,(H2,19,20,21);1H. The molecule has 2 N–H and O–H groups in total. The number of furan rings is 1. The molecule has 0 fully saturated rings. The number of methoxy groups -OCH3 is 1. The van der Waals surface area contributed by atoms with Crippen LogP contribution < -0.4 is 10.6 Å². The zero-order valence-electron chi connectivity index (χ0n) is 15.1. The first-order valence-electron chi connectivity index (χ1n) is 8.01. The molecule has 5 nitrogen and oxygen atoms in total. The maximum Gasteiger partial charge on any atom is 0.191 e. The lowest BCUT2D eigenvalue weighted by molar-refractivity contribution is 0.0268. The normalized spacial score (nSPS) is 12.1. The molecule has 0 aliphatic carbocycles. The van der Waals surface area contributed by atoms with Gasteiger partial charge in [-0.2, -0.15) is 0 Å². The number of para-hydroxylation sites is 1. The summed E-state index contributed by atoms with van der Waals surface area (Å²) in [6.45, 7) is 10.2. The summed E-state index contributed by atoms with van der Waals surface area (Å²) in [5.41, 5.74) is 1.82. The van der Waals surface area contributed by atoms with Crippen LogP contribution in [0.4, 0.5) is 0 Å². The smallest absolute Gasteiger partial charge is 0.191 e. The van der Waals surface area contributed by atoms with Gasteiger partial charge in [-0.05, 0) is 33.8 Å². The van der Waals surface area contributed by atoms with Crippen LogP contribution in [-0.4, -0.2) is 31.8 Å². The van der Waals surface area contributed by atoms with E-state index >= 15 is 0 Å². The third-order valence-electron chi connectivity index (χ3n) is 3.90. The van der Waals surface area contributed by atoms with Gasteiger partial charge >= 0.3 is 0 Å². The Hall–Kier alpha value is -1.28. The van der Waals surface area contributed by atoms with Crippen molar-refractivity contribution in [2.45, 2.75) is 39.8 Å². The minimum absolute atomic E-state index is 0. The fourth-order valence-corrected chi connectivity index (χ4v) is 2.24. The monoisotopic (exact) mass is 445 g/mol. The predicted octanol–water partition coefficient (Wildman–Crippen LogP) is 3.84. The van der Waals surface area contributed by atoms with Crippen molar-refractivity contribution in [3.05, 3.63) is 35.6 Å². The van der Waals surface area contributed by atoms with E-state index in [0.717, 1.165) is 34.8 Å². The van der Waals surface area contributed by atoms with E-state index in [9.17, 15) is 0 Å².